The van der Waals surface area contributed by atoms with E-state index >= 15 is 0 Å². The highest BCUT2D eigenvalue weighted by Crippen LogP contribution is 2.31. The van der Waals surface area contributed by atoms with Crippen molar-refractivity contribution in [1.29, 1.82) is 0 Å². The van der Waals surface area contributed by atoms with E-state index in [9.17, 15) is 19.2 Å². The van der Waals surface area contributed by atoms with E-state index in [1.54, 1.807) is 0 Å². The van der Waals surface area contributed by atoms with Crippen molar-refractivity contribution >= 4 is 56.6 Å². The molecule has 0 bridgehead atoms. The zero-order valence-corrected chi connectivity index (χ0v) is 22.6. The predicted octanol–water partition coefficient (Wildman–Crippen LogP) is 6.21. The van der Waals surface area contributed by atoms with Crippen LogP contribution in [-0.2, 0) is 22.4 Å². The molecule has 0 spiro atoms. The van der Waals surface area contributed by atoms with Gasteiger partial charge in [-0.25, -0.2) is 0 Å². The minimum absolute atomic E-state index is 0.250. The first-order valence-corrected chi connectivity index (χ1v) is 14.2. The van der Waals surface area contributed by atoms with Crippen molar-refractivity contribution in [2.24, 2.45) is 0 Å². The van der Waals surface area contributed by atoms with Gasteiger partial charge in [0.1, 0.15) is 23.0 Å². The maximum atomic E-state index is 11.8. The summed E-state index contributed by atoms with van der Waals surface area (Å²) in [5, 5.41) is 5.19. The third-order valence-corrected chi connectivity index (χ3v) is 8.44. The average Bonchev–Trinajstić information content (AvgIpc) is 3.43. The van der Waals surface area contributed by atoms with Crippen LogP contribution in [0.5, 0.6) is 23.0 Å². The van der Waals surface area contributed by atoms with Crippen LogP contribution >= 0.6 is 23.5 Å². The second-order valence-electron chi connectivity index (χ2n) is 9.34. The van der Waals surface area contributed by atoms with Crippen molar-refractivity contribution in [3.8, 4) is 23.0 Å². The fourth-order valence-electron chi connectivity index (χ4n) is 4.47. The van der Waals surface area contributed by atoms with Gasteiger partial charge in [0, 0.05) is 0 Å². The maximum absolute atomic E-state index is 11.8. The van der Waals surface area contributed by atoms with E-state index in [4.69, 9.17) is 9.47 Å². The molecule has 6 rings (SSSR count). The van der Waals surface area contributed by atoms with E-state index in [0.29, 0.717) is 35.8 Å². The Hall–Kier alpha value is -4.28. The Labute approximate surface area is 237 Å². The second kappa shape index (κ2) is 11.1. The fraction of sp³-hybridized carbons (Fsp3) is 0.133. The standard InChI is InChI=1S/C30H22N2O6S2/c33-27-25(39-29(35)31-27)13-17-1-7-21(8-2-17)37-23-11-5-19-6-12-24(16-20(19)15-23)38-22-9-3-18(4-10-22)14-26-28(34)32-30(36)40-26/h1-12,15-16,25-26H,13-14H2,(H,31,33,35)(H,32,34,36). The molecule has 2 unspecified atom stereocenters. The Balaban J connectivity index is 1.09. The molecule has 2 aliphatic heterocycles. The molecule has 200 valence electrons. The largest absolute Gasteiger partial charge is 0.457 e. The molecule has 10 heteroatoms. The summed E-state index contributed by atoms with van der Waals surface area (Å²) >= 11 is 2.04. The summed E-state index contributed by atoms with van der Waals surface area (Å²) in [7, 11) is 0. The summed E-state index contributed by atoms with van der Waals surface area (Å²) in [5.41, 5.74) is 1.89. The normalized spacial score (nSPS) is 18.6. The third kappa shape index (κ3) is 5.98. The summed E-state index contributed by atoms with van der Waals surface area (Å²) in [5.74, 6) is 2.16. The first kappa shape index (κ1) is 26.0. The number of imide groups is 2. The molecule has 4 aromatic carbocycles. The number of hydrogen-bond donors (Lipinski definition) is 2. The first-order chi connectivity index (χ1) is 19.4. The van der Waals surface area contributed by atoms with Gasteiger partial charge in [0.2, 0.25) is 11.8 Å². The van der Waals surface area contributed by atoms with Crippen molar-refractivity contribution in [2.45, 2.75) is 23.3 Å². The van der Waals surface area contributed by atoms with Crippen molar-refractivity contribution in [2.75, 3.05) is 0 Å². The number of carbonyl (C=O) groups excluding carboxylic acids is 4. The Morgan fingerprint density at radius 1 is 0.525 bits per heavy atom. The van der Waals surface area contributed by atoms with Crippen LogP contribution in [0.15, 0.2) is 84.9 Å². The highest BCUT2D eigenvalue weighted by atomic mass is 32.2. The number of rotatable bonds is 8. The third-order valence-electron chi connectivity index (χ3n) is 6.48. The molecule has 4 amide bonds. The van der Waals surface area contributed by atoms with Gasteiger partial charge in [0.05, 0.1) is 10.5 Å². The van der Waals surface area contributed by atoms with Crippen LogP contribution in [0.1, 0.15) is 11.1 Å². The SMILES string of the molecule is O=C1NC(=O)C(Cc2ccc(Oc3ccc4ccc(Oc5ccc(CC6SC(=O)NC6=O)cc5)cc4c3)cc2)S1. The lowest BCUT2D eigenvalue weighted by Gasteiger charge is -2.11. The lowest BCUT2D eigenvalue weighted by Crippen LogP contribution is -2.25. The molecule has 2 saturated heterocycles. The van der Waals surface area contributed by atoms with Crippen LogP contribution in [0, 0.1) is 0 Å². The number of fused-ring (bicyclic) bond motifs is 1. The molecular formula is C30H22N2O6S2. The molecule has 2 atom stereocenters. The minimum Gasteiger partial charge on any atom is -0.457 e. The Kier molecular flexibility index (Phi) is 7.19. The van der Waals surface area contributed by atoms with Gasteiger partial charge in [-0.3, -0.25) is 29.8 Å². The van der Waals surface area contributed by atoms with Gasteiger partial charge in [0.25, 0.3) is 10.5 Å². The van der Waals surface area contributed by atoms with Crippen LogP contribution in [-0.4, -0.2) is 32.8 Å². The van der Waals surface area contributed by atoms with Gasteiger partial charge >= 0.3 is 0 Å². The maximum Gasteiger partial charge on any atom is 0.286 e. The number of nitrogens with one attached hydrogen (secondary N) is 2. The smallest absolute Gasteiger partial charge is 0.286 e. The molecule has 0 aliphatic carbocycles. The fourth-order valence-corrected chi connectivity index (χ4v) is 6.19. The molecular weight excluding hydrogens is 548 g/mol. The van der Waals surface area contributed by atoms with Gasteiger partial charge in [-0.15, -0.1) is 0 Å². The van der Waals surface area contributed by atoms with E-state index < -0.39 is 10.5 Å². The van der Waals surface area contributed by atoms with Crippen LogP contribution in [0.2, 0.25) is 0 Å². The lowest BCUT2D eigenvalue weighted by molar-refractivity contribution is -0.119. The zero-order valence-electron chi connectivity index (χ0n) is 20.9. The van der Waals surface area contributed by atoms with E-state index in [2.05, 4.69) is 10.6 Å². The molecule has 40 heavy (non-hydrogen) atoms. The molecule has 0 saturated carbocycles. The topological polar surface area (TPSA) is 111 Å². The molecule has 8 nitrogen and oxygen atoms in total. The molecule has 2 N–H and O–H groups in total. The van der Waals surface area contributed by atoms with Crippen molar-refractivity contribution in [3.63, 3.8) is 0 Å². The second-order valence-corrected chi connectivity index (χ2v) is 11.7. The van der Waals surface area contributed by atoms with E-state index in [1.165, 1.54) is 0 Å². The Bertz CT molecular complexity index is 1520. The van der Waals surface area contributed by atoms with Crippen LogP contribution in [0.25, 0.3) is 10.8 Å². The van der Waals surface area contributed by atoms with Crippen molar-refractivity contribution in [1.82, 2.24) is 10.6 Å². The highest BCUT2D eigenvalue weighted by Gasteiger charge is 2.32. The minimum atomic E-state index is -0.402. The van der Waals surface area contributed by atoms with Gasteiger partial charge in [0.15, 0.2) is 0 Å². The van der Waals surface area contributed by atoms with Gasteiger partial charge in [-0.2, -0.15) is 0 Å². The summed E-state index contributed by atoms with van der Waals surface area (Å²) in [4.78, 5) is 46.4. The number of ether oxygens (including phenoxy) is 2. The highest BCUT2D eigenvalue weighted by molar-refractivity contribution is 8.15. The molecule has 0 aromatic heterocycles. The van der Waals surface area contributed by atoms with E-state index in [-0.39, 0.29) is 22.3 Å². The first-order valence-electron chi connectivity index (χ1n) is 12.5. The van der Waals surface area contributed by atoms with Crippen LogP contribution in [0.4, 0.5) is 9.59 Å². The van der Waals surface area contributed by atoms with Crippen LogP contribution < -0.4 is 20.1 Å². The Morgan fingerprint density at radius 3 is 1.30 bits per heavy atom. The molecule has 4 aromatic rings. The summed E-state index contributed by atoms with van der Waals surface area (Å²) in [6.07, 6.45) is 0.948. The van der Waals surface area contributed by atoms with Gasteiger partial charge in [-0.05, 0) is 83.3 Å². The van der Waals surface area contributed by atoms with Crippen molar-refractivity contribution < 1.29 is 28.7 Å². The number of benzene rings is 4. The summed E-state index contributed by atoms with van der Waals surface area (Å²) in [6.45, 7) is 0. The Morgan fingerprint density at radius 2 is 0.925 bits per heavy atom. The summed E-state index contributed by atoms with van der Waals surface area (Å²) < 4.78 is 12.1. The molecule has 2 aliphatic rings. The lowest BCUT2D eigenvalue weighted by atomic mass is 10.1. The zero-order chi connectivity index (χ0) is 27.6. The van der Waals surface area contributed by atoms with Gasteiger partial charge in [-0.1, -0.05) is 59.9 Å². The average molecular weight is 571 g/mol. The van der Waals surface area contributed by atoms with E-state index in [1.807, 2.05) is 84.9 Å². The number of carbonyl (C=O) groups is 4. The number of hydrogen-bond acceptors (Lipinski definition) is 8. The monoisotopic (exact) mass is 570 g/mol. The predicted molar refractivity (Wildman–Crippen MR) is 154 cm³/mol. The quantitative estimate of drug-likeness (QED) is 0.257. The van der Waals surface area contributed by atoms with Gasteiger partial charge < -0.3 is 9.47 Å². The molecule has 0 radical (unpaired) electrons. The molecule has 2 fully saturated rings. The summed E-state index contributed by atoms with van der Waals surface area (Å²) in [6, 6.07) is 26.6. The number of amides is 4. The number of thioether (sulfide) groups is 2. The van der Waals surface area contributed by atoms with E-state index in [0.717, 1.165) is 45.4 Å². The van der Waals surface area contributed by atoms with Crippen molar-refractivity contribution in [3.05, 3.63) is 96.1 Å². The molecule has 2 heterocycles. The van der Waals surface area contributed by atoms with Crippen LogP contribution in [0.3, 0.4) is 0 Å².